The lowest BCUT2D eigenvalue weighted by atomic mass is 10.2. The molecule has 0 spiro atoms. The molecule has 0 saturated carbocycles. The van der Waals surface area contributed by atoms with Crippen LogP contribution in [-0.2, 0) is 6.42 Å². The van der Waals surface area contributed by atoms with E-state index >= 15 is 0 Å². The molecule has 0 aliphatic heterocycles. The maximum absolute atomic E-state index is 5.50. The van der Waals surface area contributed by atoms with E-state index in [0.717, 1.165) is 18.4 Å². The summed E-state index contributed by atoms with van der Waals surface area (Å²) in [5.41, 5.74) is 0.921. The van der Waals surface area contributed by atoms with Crippen molar-refractivity contribution in [3.8, 4) is 0 Å². The predicted molar refractivity (Wildman–Crippen MR) is 61.3 cm³/mol. The van der Waals surface area contributed by atoms with E-state index in [4.69, 9.17) is 4.42 Å². The maximum Gasteiger partial charge on any atom is 0.247 e. The first-order chi connectivity index (χ1) is 7.31. The molecule has 0 atom stereocenters. The van der Waals surface area contributed by atoms with Gasteiger partial charge in [0.15, 0.2) is 0 Å². The Labute approximate surface area is 90.2 Å². The third kappa shape index (κ3) is 3.20. The monoisotopic (exact) mass is 204 g/mol. The van der Waals surface area contributed by atoms with Crippen molar-refractivity contribution in [2.24, 2.45) is 0 Å². The summed E-state index contributed by atoms with van der Waals surface area (Å²) in [6.45, 7) is 7.63. The number of aromatic nitrogens is 2. The molecule has 0 bridgehead atoms. The number of nitrogens with zero attached hydrogens (tertiary/aromatic N) is 2. The Morgan fingerprint density at radius 3 is 2.87 bits per heavy atom. The van der Waals surface area contributed by atoms with Gasteiger partial charge >= 0.3 is 0 Å². The fourth-order valence-corrected chi connectivity index (χ4v) is 1.15. The summed E-state index contributed by atoms with van der Waals surface area (Å²) in [4.78, 5) is 0. The van der Waals surface area contributed by atoms with Gasteiger partial charge in [-0.2, -0.15) is 0 Å². The van der Waals surface area contributed by atoms with Gasteiger partial charge in [-0.1, -0.05) is 31.7 Å². The smallest absolute Gasteiger partial charge is 0.247 e. The quantitative estimate of drug-likeness (QED) is 0.691. The second kappa shape index (κ2) is 5.96. The summed E-state index contributed by atoms with van der Waals surface area (Å²) in [5.74, 6) is 1.26. The van der Waals surface area contributed by atoms with Gasteiger partial charge < -0.3 is 4.42 Å². The van der Waals surface area contributed by atoms with E-state index in [0.29, 0.717) is 11.8 Å². The molecule has 15 heavy (non-hydrogen) atoms. The molecule has 0 aliphatic rings. The van der Waals surface area contributed by atoms with Gasteiger partial charge in [0.2, 0.25) is 11.8 Å². The Morgan fingerprint density at radius 2 is 2.27 bits per heavy atom. The summed E-state index contributed by atoms with van der Waals surface area (Å²) >= 11 is 0. The fraction of sp³-hybridized carbons (Fsp3) is 0.333. The first kappa shape index (κ1) is 11.4. The highest BCUT2D eigenvalue weighted by molar-refractivity contribution is 5.68. The molecule has 0 fully saturated rings. The number of rotatable bonds is 5. The summed E-state index contributed by atoms with van der Waals surface area (Å²) < 4.78 is 5.50. The Hall–Kier alpha value is -1.64. The molecule has 1 aromatic rings. The van der Waals surface area contributed by atoms with Gasteiger partial charge in [0.25, 0.3) is 0 Å². The molecule has 0 N–H and O–H groups in total. The molecule has 0 aliphatic carbocycles. The van der Waals surface area contributed by atoms with Gasteiger partial charge in [-0.05, 0) is 19.4 Å². The van der Waals surface area contributed by atoms with Crippen molar-refractivity contribution in [2.45, 2.75) is 26.7 Å². The van der Waals surface area contributed by atoms with Crippen molar-refractivity contribution in [1.82, 2.24) is 10.2 Å². The minimum absolute atomic E-state index is 0.569. The molecular formula is C12H16N2O. The average Bonchev–Trinajstić information content (AvgIpc) is 2.68. The second-order valence-corrected chi connectivity index (χ2v) is 3.09. The van der Waals surface area contributed by atoms with E-state index in [1.165, 1.54) is 0 Å². The van der Waals surface area contributed by atoms with Gasteiger partial charge in [0, 0.05) is 12.0 Å². The lowest BCUT2D eigenvalue weighted by Gasteiger charge is -1.92. The fourth-order valence-electron chi connectivity index (χ4n) is 1.15. The summed E-state index contributed by atoms with van der Waals surface area (Å²) in [5, 5.41) is 7.95. The van der Waals surface area contributed by atoms with Crippen LogP contribution in [0.15, 0.2) is 35.3 Å². The first-order valence-corrected chi connectivity index (χ1v) is 5.10. The lowest BCUT2D eigenvalue weighted by molar-refractivity contribution is 0.480. The highest BCUT2D eigenvalue weighted by atomic mass is 16.4. The Kier molecular flexibility index (Phi) is 4.54. The third-order valence-electron chi connectivity index (χ3n) is 1.90. The van der Waals surface area contributed by atoms with E-state index < -0.39 is 0 Å². The molecule has 0 saturated heterocycles. The van der Waals surface area contributed by atoms with Crippen molar-refractivity contribution in [1.29, 1.82) is 0 Å². The van der Waals surface area contributed by atoms with Crippen molar-refractivity contribution in [3.05, 3.63) is 42.7 Å². The van der Waals surface area contributed by atoms with Crippen molar-refractivity contribution in [3.63, 3.8) is 0 Å². The van der Waals surface area contributed by atoms with E-state index in [1.807, 2.05) is 25.2 Å². The Morgan fingerprint density at radius 1 is 1.47 bits per heavy atom. The molecule has 3 heteroatoms. The summed E-state index contributed by atoms with van der Waals surface area (Å²) in [7, 11) is 0. The lowest BCUT2D eigenvalue weighted by Crippen LogP contribution is -1.80. The highest BCUT2D eigenvalue weighted by Crippen LogP contribution is 2.14. The van der Waals surface area contributed by atoms with Crippen LogP contribution in [0.3, 0.4) is 0 Å². The molecule has 3 nitrogen and oxygen atoms in total. The van der Waals surface area contributed by atoms with E-state index in [1.54, 1.807) is 6.08 Å². The van der Waals surface area contributed by atoms with Crippen molar-refractivity contribution >= 4 is 5.57 Å². The molecule has 1 rings (SSSR count). The van der Waals surface area contributed by atoms with Crippen molar-refractivity contribution in [2.75, 3.05) is 0 Å². The normalized spacial score (nSPS) is 12.3. The van der Waals surface area contributed by atoms with Crippen LogP contribution in [0.2, 0.25) is 0 Å². The van der Waals surface area contributed by atoms with Gasteiger partial charge in [0.1, 0.15) is 0 Å². The zero-order chi connectivity index (χ0) is 11.1. The van der Waals surface area contributed by atoms with Crippen LogP contribution < -0.4 is 0 Å². The molecule has 0 radical (unpaired) electrons. The SMILES string of the molecule is C=C/C=C\C(=C/C)c1nnc(CCC)o1. The van der Waals surface area contributed by atoms with E-state index in [9.17, 15) is 0 Å². The zero-order valence-electron chi connectivity index (χ0n) is 9.23. The minimum Gasteiger partial charge on any atom is -0.421 e. The molecule has 0 unspecified atom stereocenters. The third-order valence-corrected chi connectivity index (χ3v) is 1.90. The van der Waals surface area contributed by atoms with Gasteiger partial charge in [0.05, 0.1) is 0 Å². The van der Waals surface area contributed by atoms with E-state index in [-0.39, 0.29) is 0 Å². The Balaban J connectivity index is 2.83. The average molecular weight is 204 g/mol. The highest BCUT2D eigenvalue weighted by Gasteiger charge is 2.06. The summed E-state index contributed by atoms with van der Waals surface area (Å²) in [6.07, 6.45) is 9.23. The van der Waals surface area contributed by atoms with E-state index in [2.05, 4.69) is 23.7 Å². The van der Waals surface area contributed by atoms with Crippen LogP contribution in [0.25, 0.3) is 5.57 Å². The standard InChI is InChI=1S/C12H16N2O/c1-4-7-9-10(6-3)12-14-13-11(15-12)8-5-2/h4,6-7,9H,1,5,8H2,2-3H3/b9-7-,10-6+. The molecular weight excluding hydrogens is 188 g/mol. The topological polar surface area (TPSA) is 38.9 Å². The largest absolute Gasteiger partial charge is 0.421 e. The second-order valence-electron chi connectivity index (χ2n) is 3.09. The number of hydrogen-bond acceptors (Lipinski definition) is 3. The zero-order valence-corrected chi connectivity index (χ0v) is 9.23. The molecule has 1 heterocycles. The molecule has 0 aromatic carbocycles. The van der Waals surface area contributed by atoms with Crippen LogP contribution in [-0.4, -0.2) is 10.2 Å². The van der Waals surface area contributed by atoms with Crippen LogP contribution in [0.5, 0.6) is 0 Å². The van der Waals surface area contributed by atoms with Crippen LogP contribution in [0, 0.1) is 0 Å². The molecule has 1 aromatic heterocycles. The summed E-state index contributed by atoms with van der Waals surface area (Å²) in [6, 6.07) is 0. The minimum atomic E-state index is 0.569. The molecule has 0 amide bonds. The van der Waals surface area contributed by atoms with Crippen LogP contribution in [0.4, 0.5) is 0 Å². The predicted octanol–water partition coefficient (Wildman–Crippen LogP) is 3.17. The molecule has 80 valence electrons. The maximum atomic E-state index is 5.50. The van der Waals surface area contributed by atoms with Gasteiger partial charge in [-0.25, -0.2) is 0 Å². The number of hydrogen-bond donors (Lipinski definition) is 0. The van der Waals surface area contributed by atoms with Gasteiger partial charge in [-0.3, -0.25) is 0 Å². The number of allylic oxidation sites excluding steroid dienone is 5. The Bertz CT molecular complexity index is 375. The number of aryl methyl sites for hydroxylation is 1. The van der Waals surface area contributed by atoms with Crippen LogP contribution >= 0.6 is 0 Å². The van der Waals surface area contributed by atoms with Crippen LogP contribution in [0.1, 0.15) is 32.0 Å². The van der Waals surface area contributed by atoms with Crippen molar-refractivity contribution < 1.29 is 4.42 Å². The first-order valence-electron chi connectivity index (χ1n) is 5.10. The van der Waals surface area contributed by atoms with Gasteiger partial charge in [-0.15, -0.1) is 10.2 Å².